The Morgan fingerprint density at radius 1 is 1.03 bits per heavy atom. The van der Waals surface area contributed by atoms with Crippen LogP contribution in [0.2, 0.25) is 0 Å². The lowest BCUT2D eigenvalue weighted by atomic mass is 10.1. The Morgan fingerprint density at radius 3 is 2.56 bits per heavy atom. The van der Waals surface area contributed by atoms with Gasteiger partial charge in [0.2, 0.25) is 5.95 Å². The molecule has 0 atom stereocenters. The van der Waals surface area contributed by atoms with Crippen LogP contribution in [-0.2, 0) is 0 Å². The Labute approximate surface area is 226 Å². The van der Waals surface area contributed by atoms with E-state index in [1.54, 1.807) is 24.3 Å². The van der Waals surface area contributed by atoms with Crippen molar-refractivity contribution in [3.8, 4) is 11.3 Å². The van der Waals surface area contributed by atoms with Crippen molar-refractivity contribution in [2.45, 2.75) is 40.2 Å². The number of aromatic nitrogens is 4. The van der Waals surface area contributed by atoms with Crippen molar-refractivity contribution in [1.82, 2.24) is 29.3 Å². The molecule has 0 radical (unpaired) electrons. The molecule has 0 saturated carbocycles. The minimum absolute atomic E-state index is 0.0171. The number of halogens is 2. The number of aryl methyl sites for hydroxylation is 1. The average Bonchev–Trinajstić information content (AvgIpc) is 3.09. The molecule has 39 heavy (non-hydrogen) atoms. The predicted octanol–water partition coefficient (Wildman–Crippen LogP) is 5.57. The number of carbonyl (C=O) groups excluding carboxylic acids is 1. The molecule has 5 rings (SSSR count). The number of anilines is 2. The van der Waals surface area contributed by atoms with E-state index in [1.165, 1.54) is 12.3 Å². The molecule has 1 N–H and O–H groups in total. The van der Waals surface area contributed by atoms with Crippen LogP contribution >= 0.6 is 0 Å². The lowest BCUT2D eigenvalue weighted by Gasteiger charge is -2.21. The second kappa shape index (κ2) is 11.1. The maximum atomic E-state index is 15.0. The number of rotatable bonds is 6. The normalized spacial score (nSPS) is 14.7. The molecule has 1 amide bonds. The third-order valence-electron chi connectivity index (χ3n) is 7.21. The van der Waals surface area contributed by atoms with Gasteiger partial charge < -0.3 is 19.7 Å². The number of nitrogens with zero attached hydrogens (tertiary/aromatic N) is 6. The minimum Gasteiger partial charge on any atom is -0.342 e. The number of hydrogen-bond donors (Lipinski definition) is 1. The summed E-state index contributed by atoms with van der Waals surface area (Å²) >= 11 is 0. The van der Waals surface area contributed by atoms with Gasteiger partial charge in [0.05, 0.1) is 17.3 Å². The van der Waals surface area contributed by atoms with E-state index in [9.17, 15) is 9.18 Å². The van der Waals surface area contributed by atoms with Crippen LogP contribution in [-0.4, -0.2) is 67.9 Å². The molecule has 1 aliphatic heterocycles. The van der Waals surface area contributed by atoms with Crippen LogP contribution in [0, 0.1) is 18.6 Å². The van der Waals surface area contributed by atoms with Crippen LogP contribution in [0.4, 0.5) is 20.5 Å². The first kappa shape index (κ1) is 26.7. The van der Waals surface area contributed by atoms with E-state index in [4.69, 9.17) is 0 Å². The molecular formula is C29H33F2N7O. The molecule has 10 heteroatoms. The third kappa shape index (κ3) is 5.47. The SMILES string of the molecule is CCN1CCCN(C(=O)c2ccc(Nc3ncc(F)c(-c4cc(F)c5cc(C)n(C(C)C)c5c4)n3)nc2)CC1. The van der Waals surface area contributed by atoms with E-state index in [0.29, 0.717) is 34.4 Å². The fourth-order valence-corrected chi connectivity index (χ4v) is 5.25. The number of likely N-dealkylation sites (N-methyl/N-ethyl adjacent to an activating group) is 1. The zero-order valence-electron chi connectivity index (χ0n) is 22.7. The molecular weight excluding hydrogens is 500 g/mol. The van der Waals surface area contributed by atoms with Crippen LogP contribution in [0.3, 0.4) is 0 Å². The van der Waals surface area contributed by atoms with Gasteiger partial charge in [0.1, 0.15) is 17.3 Å². The van der Waals surface area contributed by atoms with Crippen LogP contribution in [0.25, 0.3) is 22.2 Å². The van der Waals surface area contributed by atoms with E-state index >= 15 is 4.39 Å². The summed E-state index contributed by atoms with van der Waals surface area (Å²) in [5, 5.41) is 3.45. The number of benzene rings is 1. The number of hydrogen-bond acceptors (Lipinski definition) is 6. The highest BCUT2D eigenvalue weighted by Gasteiger charge is 2.21. The molecule has 8 nitrogen and oxygen atoms in total. The number of nitrogens with one attached hydrogen (secondary N) is 1. The fraction of sp³-hybridized carbons (Fsp3) is 0.379. The Hall–Kier alpha value is -3.92. The quantitative estimate of drug-likeness (QED) is 0.349. The molecule has 4 heterocycles. The summed E-state index contributed by atoms with van der Waals surface area (Å²) in [6, 6.07) is 8.32. The van der Waals surface area contributed by atoms with Gasteiger partial charge in [-0.15, -0.1) is 0 Å². The monoisotopic (exact) mass is 533 g/mol. The number of pyridine rings is 1. The van der Waals surface area contributed by atoms with E-state index in [-0.39, 0.29) is 23.6 Å². The summed E-state index contributed by atoms with van der Waals surface area (Å²) < 4.78 is 31.9. The molecule has 1 aliphatic rings. The third-order valence-corrected chi connectivity index (χ3v) is 7.21. The maximum Gasteiger partial charge on any atom is 0.255 e. The summed E-state index contributed by atoms with van der Waals surface area (Å²) in [5.74, 6) is -0.631. The Bertz CT molecular complexity index is 1500. The van der Waals surface area contributed by atoms with E-state index in [1.807, 2.05) is 30.2 Å². The second-order valence-corrected chi connectivity index (χ2v) is 10.2. The standard InChI is InChI=1S/C29H33F2N7O/c1-5-36-9-6-10-37(12-11-36)28(39)20-7-8-26(32-16-20)34-29-33-17-24(31)27(35-29)21-14-23(30)22-13-19(4)38(18(2)3)25(22)15-21/h7-8,13-18H,5-6,9-12H2,1-4H3,(H,32,33,34,35). The first-order valence-electron chi connectivity index (χ1n) is 13.3. The minimum atomic E-state index is -0.660. The summed E-state index contributed by atoms with van der Waals surface area (Å²) in [5.41, 5.74) is 2.40. The molecule has 0 spiro atoms. The fourth-order valence-electron chi connectivity index (χ4n) is 5.25. The van der Waals surface area contributed by atoms with E-state index in [0.717, 1.165) is 44.5 Å². The number of carbonyl (C=O) groups is 1. The molecule has 1 saturated heterocycles. The Kier molecular flexibility index (Phi) is 7.56. The van der Waals surface area contributed by atoms with E-state index < -0.39 is 11.6 Å². The molecule has 1 aromatic carbocycles. The smallest absolute Gasteiger partial charge is 0.255 e. The maximum absolute atomic E-state index is 15.0. The number of fused-ring (bicyclic) bond motifs is 1. The van der Waals surface area contributed by atoms with Gasteiger partial charge in [-0.25, -0.2) is 23.7 Å². The van der Waals surface area contributed by atoms with Gasteiger partial charge >= 0.3 is 0 Å². The zero-order chi connectivity index (χ0) is 27.7. The van der Waals surface area contributed by atoms with Crippen molar-refractivity contribution in [2.75, 3.05) is 38.0 Å². The zero-order valence-corrected chi connectivity index (χ0v) is 22.7. The second-order valence-electron chi connectivity index (χ2n) is 10.2. The van der Waals surface area contributed by atoms with Gasteiger partial charge in [-0.1, -0.05) is 6.92 Å². The summed E-state index contributed by atoms with van der Waals surface area (Å²) in [6.07, 6.45) is 3.51. The molecule has 0 unspecified atom stereocenters. The van der Waals surface area contributed by atoms with Crippen molar-refractivity contribution in [3.05, 3.63) is 65.6 Å². The van der Waals surface area contributed by atoms with Crippen LogP contribution in [0.1, 0.15) is 49.3 Å². The van der Waals surface area contributed by atoms with Crippen molar-refractivity contribution < 1.29 is 13.6 Å². The lowest BCUT2D eigenvalue weighted by Crippen LogP contribution is -2.35. The van der Waals surface area contributed by atoms with Gasteiger partial charge in [0.25, 0.3) is 5.91 Å². The highest BCUT2D eigenvalue weighted by atomic mass is 19.1. The van der Waals surface area contributed by atoms with Gasteiger partial charge in [-0.3, -0.25) is 4.79 Å². The Morgan fingerprint density at radius 2 is 1.85 bits per heavy atom. The van der Waals surface area contributed by atoms with Crippen LogP contribution in [0.5, 0.6) is 0 Å². The van der Waals surface area contributed by atoms with Crippen molar-refractivity contribution in [3.63, 3.8) is 0 Å². The lowest BCUT2D eigenvalue weighted by molar-refractivity contribution is 0.0761. The summed E-state index contributed by atoms with van der Waals surface area (Å²) in [4.78, 5) is 29.9. The predicted molar refractivity (Wildman–Crippen MR) is 148 cm³/mol. The molecule has 3 aromatic heterocycles. The van der Waals surface area contributed by atoms with Gasteiger partial charge in [0, 0.05) is 48.5 Å². The summed E-state index contributed by atoms with van der Waals surface area (Å²) in [7, 11) is 0. The molecule has 0 bridgehead atoms. The van der Waals surface area contributed by atoms with Crippen LogP contribution < -0.4 is 5.32 Å². The molecule has 0 aliphatic carbocycles. The van der Waals surface area contributed by atoms with E-state index in [2.05, 4.69) is 32.1 Å². The topological polar surface area (TPSA) is 79.2 Å². The summed E-state index contributed by atoms with van der Waals surface area (Å²) in [6.45, 7) is 12.3. The van der Waals surface area contributed by atoms with Gasteiger partial charge in [0.15, 0.2) is 5.82 Å². The highest BCUT2D eigenvalue weighted by molar-refractivity contribution is 5.94. The average molecular weight is 534 g/mol. The number of amides is 1. The van der Waals surface area contributed by atoms with Gasteiger partial charge in [-0.05, 0) is 70.6 Å². The van der Waals surface area contributed by atoms with Crippen molar-refractivity contribution in [2.24, 2.45) is 0 Å². The highest BCUT2D eigenvalue weighted by Crippen LogP contribution is 2.32. The molecule has 204 valence electrons. The van der Waals surface area contributed by atoms with Crippen LogP contribution in [0.15, 0.2) is 42.7 Å². The van der Waals surface area contributed by atoms with Gasteiger partial charge in [-0.2, -0.15) is 0 Å². The first-order valence-corrected chi connectivity index (χ1v) is 13.3. The van der Waals surface area contributed by atoms with Crippen molar-refractivity contribution >= 4 is 28.6 Å². The molecule has 1 fully saturated rings. The Balaban J connectivity index is 1.36. The first-order chi connectivity index (χ1) is 18.7. The molecule has 4 aromatic rings. The largest absolute Gasteiger partial charge is 0.342 e. The van der Waals surface area contributed by atoms with Crippen molar-refractivity contribution in [1.29, 1.82) is 0 Å².